The molecule has 0 aliphatic carbocycles. The second-order valence-electron chi connectivity index (χ2n) is 5.17. The summed E-state index contributed by atoms with van der Waals surface area (Å²) in [4.78, 5) is 33.7. The summed E-state index contributed by atoms with van der Waals surface area (Å²) in [6, 6.07) is 13.2. The standard InChI is InChI=1S/C18H16N2O5/c1-13-5-4-7-15(11-13)19-17(21)12-25-18(22)10-9-14-6-2-3-8-16(14)20(23)24/h2-11H,12H2,1H3,(H,19,21)/b10-9+. The Labute approximate surface area is 144 Å². The van der Waals surface area contributed by atoms with Gasteiger partial charge < -0.3 is 10.1 Å². The van der Waals surface area contributed by atoms with Gasteiger partial charge in [-0.1, -0.05) is 24.3 Å². The Balaban J connectivity index is 1.88. The van der Waals surface area contributed by atoms with E-state index in [-0.39, 0.29) is 11.3 Å². The molecule has 2 aromatic rings. The monoisotopic (exact) mass is 340 g/mol. The number of nitro benzene ring substituents is 1. The third-order valence-corrected chi connectivity index (χ3v) is 3.18. The molecule has 2 rings (SSSR count). The highest BCUT2D eigenvalue weighted by molar-refractivity contribution is 5.94. The van der Waals surface area contributed by atoms with Gasteiger partial charge in [0.05, 0.1) is 10.5 Å². The highest BCUT2D eigenvalue weighted by atomic mass is 16.6. The Morgan fingerprint density at radius 1 is 1.20 bits per heavy atom. The molecule has 0 saturated heterocycles. The summed E-state index contributed by atoms with van der Waals surface area (Å²) in [6.07, 6.45) is 2.32. The summed E-state index contributed by atoms with van der Waals surface area (Å²) < 4.78 is 4.82. The predicted molar refractivity (Wildman–Crippen MR) is 92.9 cm³/mol. The van der Waals surface area contributed by atoms with E-state index < -0.39 is 23.4 Å². The van der Waals surface area contributed by atoms with Crippen LogP contribution in [0, 0.1) is 17.0 Å². The van der Waals surface area contributed by atoms with Gasteiger partial charge in [-0.15, -0.1) is 0 Å². The lowest BCUT2D eigenvalue weighted by atomic mass is 10.1. The maximum Gasteiger partial charge on any atom is 0.331 e. The Morgan fingerprint density at radius 3 is 2.68 bits per heavy atom. The van der Waals surface area contributed by atoms with E-state index in [1.165, 1.54) is 24.3 Å². The number of nitro groups is 1. The molecule has 1 amide bonds. The maximum absolute atomic E-state index is 11.7. The Hall–Kier alpha value is -3.48. The van der Waals surface area contributed by atoms with Crippen molar-refractivity contribution in [2.75, 3.05) is 11.9 Å². The van der Waals surface area contributed by atoms with E-state index >= 15 is 0 Å². The van der Waals surface area contributed by atoms with E-state index in [0.29, 0.717) is 5.69 Å². The van der Waals surface area contributed by atoms with Gasteiger partial charge in [0.25, 0.3) is 11.6 Å². The number of amides is 1. The van der Waals surface area contributed by atoms with Gasteiger partial charge in [0.2, 0.25) is 0 Å². The molecule has 0 heterocycles. The average Bonchev–Trinajstić information content (AvgIpc) is 2.58. The number of hydrogen-bond acceptors (Lipinski definition) is 5. The van der Waals surface area contributed by atoms with Crippen molar-refractivity contribution in [3.63, 3.8) is 0 Å². The molecular weight excluding hydrogens is 324 g/mol. The molecule has 0 bridgehead atoms. The molecule has 0 saturated carbocycles. The molecule has 128 valence electrons. The first-order valence-electron chi connectivity index (χ1n) is 7.40. The summed E-state index contributed by atoms with van der Waals surface area (Å²) in [5, 5.41) is 13.5. The van der Waals surface area contributed by atoms with Crippen LogP contribution in [0.5, 0.6) is 0 Å². The lowest BCUT2D eigenvalue weighted by Gasteiger charge is -2.06. The third-order valence-electron chi connectivity index (χ3n) is 3.18. The smallest absolute Gasteiger partial charge is 0.331 e. The number of nitrogens with zero attached hydrogens (tertiary/aromatic N) is 1. The highest BCUT2D eigenvalue weighted by Crippen LogP contribution is 2.18. The lowest BCUT2D eigenvalue weighted by Crippen LogP contribution is -2.20. The number of anilines is 1. The minimum absolute atomic E-state index is 0.122. The second-order valence-corrected chi connectivity index (χ2v) is 5.17. The number of nitrogens with one attached hydrogen (secondary N) is 1. The SMILES string of the molecule is Cc1cccc(NC(=O)COC(=O)/C=C/c2ccccc2[N+](=O)[O-])c1. The van der Waals surface area contributed by atoms with E-state index in [0.717, 1.165) is 11.6 Å². The van der Waals surface area contributed by atoms with Crippen molar-refractivity contribution in [2.24, 2.45) is 0 Å². The fourth-order valence-electron chi connectivity index (χ4n) is 2.06. The van der Waals surface area contributed by atoms with Crippen LogP contribution >= 0.6 is 0 Å². The van der Waals surface area contributed by atoms with Crippen molar-refractivity contribution >= 4 is 29.3 Å². The van der Waals surface area contributed by atoms with Crippen LogP contribution in [0.25, 0.3) is 6.08 Å². The molecular formula is C18H16N2O5. The van der Waals surface area contributed by atoms with Crippen molar-refractivity contribution in [1.29, 1.82) is 0 Å². The van der Waals surface area contributed by atoms with E-state index in [1.807, 2.05) is 13.0 Å². The fraction of sp³-hybridized carbons (Fsp3) is 0.111. The Bertz CT molecular complexity index is 830. The molecule has 0 atom stereocenters. The van der Waals surface area contributed by atoms with E-state index in [9.17, 15) is 19.7 Å². The molecule has 0 aliphatic rings. The van der Waals surface area contributed by atoms with Gasteiger partial charge in [-0.2, -0.15) is 0 Å². The number of hydrogen-bond donors (Lipinski definition) is 1. The molecule has 0 fully saturated rings. The number of ether oxygens (including phenoxy) is 1. The summed E-state index contributed by atoms with van der Waals surface area (Å²) in [6.45, 7) is 1.44. The average molecular weight is 340 g/mol. The molecule has 1 N–H and O–H groups in total. The zero-order valence-corrected chi connectivity index (χ0v) is 13.5. The minimum atomic E-state index is -0.766. The normalized spacial score (nSPS) is 10.4. The van der Waals surface area contributed by atoms with E-state index in [2.05, 4.69) is 5.32 Å². The highest BCUT2D eigenvalue weighted by Gasteiger charge is 2.10. The van der Waals surface area contributed by atoms with Crippen LogP contribution in [-0.2, 0) is 14.3 Å². The summed E-state index contributed by atoms with van der Waals surface area (Å²) in [5.74, 6) is -1.24. The molecule has 0 aliphatic heterocycles. The maximum atomic E-state index is 11.7. The van der Waals surface area contributed by atoms with Crippen molar-refractivity contribution in [3.8, 4) is 0 Å². The molecule has 2 aromatic carbocycles. The van der Waals surface area contributed by atoms with Crippen LogP contribution in [0.2, 0.25) is 0 Å². The van der Waals surface area contributed by atoms with Crippen LogP contribution in [0.15, 0.2) is 54.6 Å². The van der Waals surface area contributed by atoms with E-state index in [4.69, 9.17) is 4.74 Å². The minimum Gasteiger partial charge on any atom is -0.452 e. The van der Waals surface area contributed by atoms with Gasteiger partial charge >= 0.3 is 5.97 Å². The van der Waals surface area contributed by atoms with Gasteiger partial charge in [-0.3, -0.25) is 14.9 Å². The van der Waals surface area contributed by atoms with Crippen LogP contribution in [0.3, 0.4) is 0 Å². The Kier molecular flexibility index (Phi) is 6.00. The molecule has 0 aromatic heterocycles. The number of aryl methyl sites for hydroxylation is 1. The van der Waals surface area contributed by atoms with Gasteiger partial charge in [-0.25, -0.2) is 4.79 Å². The van der Waals surface area contributed by atoms with Gasteiger partial charge in [0.15, 0.2) is 6.61 Å². The van der Waals surface area contributed by atoms with Crippen LogP contribution in [0.1, 0.15) is 11.1 Å². The molecule has 7 heteroatoms. The fourth-order valence-corrected chi connectivity index (χ4v) is 2.06. The number of carbonyl (C=O) groups excluding carboxylic acids is 2. The van der Waals surface area contributed by atoms with Crippen LogP contribution in [0.4, 0.5) is 11.4 Å². The van der Waals surface area contributed by atoms with Crippen molar-refractivity contribution < 1.29 is 19.2 Å². The zero-order valence-electron chi connectivity index (χ0n) is 13.5. The number of benzene rings is 2. The summed E-state index contributed by atoms with van der Waals surface area (Å²) in [7, 11) is 0. The largest absolute Gasteiger partial charge is 0.452 e. The molecule has 0 radical (unpaired) electrons. The summed E-state index contributed by atoms with van der Waals surface area (Å²) in [5.41, 5.74) is 1.75. The second kappa shape index (κ2) is 8.39. The summed E-state index contributed by atoms with van der Waals surface area (Å²) >= 11 is 0. The lowest BCUT2D eigenvalue weighted by molar-refractivity contribution is -0.385. The molecule has 25 heavy (non-hydrogen) atoms. The number of rotatable bonds is 6. The zero-order chi connectivity index (χ0) is 18.2. The number of esters is 1. The van der Waals surface area contributed by atoms with Gasteiger partial charge in [0, 0.05) is 17.8 Å². The van der Waals surface area contributed by atoms with Crippen LogP contribution in [-0.4, -0.2) is 23.4 Å². The van der Waals surface area contributed by atoms with E-state index in [1.54, 1.807) is 24.3 Å². The first-order valence-corrected chi connectivity index (χ1v) is 7.40. The van der Waals surface area contributed by atoms with Gasteiger partial charge in [-0.05, 0) is 36.8 Å². The van der Waals surface area contributed by atoms with Gasteiger partial charge in [0.1, 0.15) is 0 Å². The quantitative estimate of drug-likeness (QED) is 0.377. The topological polar surface area (TPSA) is 98.5 Å². The first kappa shape index (κ1) is 17.9. The molecule has 0 spiro atoms. The Morgan fingerprint density at radius 2 is 1.96 bits per heavy atom. The first-order chi connectivity index (χ1) is 12.0. The van der Waals surface area contributed by atoms with Crippen molar-refractivity contribution in [2.45, 2.75) is 6.92 Å². The van der Waals surface area contributed by atoms with Crippen LogP contribution < -0.4 is 5.32 Å². The number of para-hydroxylation sites is 1. The molecule has 0 unspecified atom stereocenters. The van der Waals surface area contributed by atoms with Crippen molar-refractivity contribution in [1.82, 2.24) is 0 Å². The van der Waals surface area contributed by atoms with Crippen molar-refractivity contribution in [3.05, 3.63) is 75.8 Å². The molecule has 7 nitrogen and oxygen atoms in total. The predicted octanol–water partition coefficient (Wildman–Crippen LogP) is 3.10. The number of carbonyl (C=O) groups is 2. The third kappa shape index (κ3) is 5.58.